The molecule has 30 heavy (non-hydrogen) atoms. The van der Waals surface area contributed by atoms with E-state index in [1.54, 1.807) is 4.90 Å². The van der Waals surface area contributed by atoms with Crippen LogP contribution in [0, 0.1) is 13.8 Å². The Labute approximate surface area is 179 Å². The van der Waals surface area contributed by atoms with Crippen LogP contribution in [0.25, 0.3) is 0 Å². The molecule has 160 valence electrons. The molecule has 5 nitrogen and oxygen atoms in total. The highest BCUT2D eigenvalue weighted by Crippen LogP contribution is 2.40. The molecule has 0 fully saturated rings. The molecule has 0 aromatic heterocycles. The van der Waals surface area contributed by atoms with Gasteiger partial charge in [0.1, 0.15) is 11.8 Å². The number of ether oxygens (including phenoxy) is 1. The lowest BCUT2D eigenvalue weighted by Crippen LogP contribution is -2.37. The third-order valence-electron chi connectivity index (χ3n) is 5.57. The van der Waals surface area contributed by atoms with Gasteiger partial charge < -0.3 is 15.0 Å². The van der Waals surface area contributed by atoms with Crippen molar-refractivity contribution in [1.29, 1.82) is 0 Å². The molecule has 1 N–H and O–H groups in total. The van der Waals surface area contributed by atoms with Gasteiger partial charge in [0.25, 0.3) is 5.91 Å². The van der Waals surface area contributed by atoms with E-state index in [0.717, 1.165) is 28.1 Å². The Bertz CT molecular complexity index is 942. The predicted octanol–water partition coefficient (Wildman–Crippen LogP) is 4.59. The van der Waals surface area contributed by atoms with Crippen LogP contribution in [-0.4, -0.2) is 25.0 Å². The molecule has 1 heterocycles. The number of carbonyl (C=O) groups is 2. The molecule has 0 radical (unpaired) electrons. The van der Waals surface area contributed by atoms with Crippen molar-refractivity contribution < 1.29 is 14.3 Å². The molecule has 0 unspecified atom stereocenters. The van der Waals surface area contributed by atoms with Gasteiger partial charge in [0.05, 0.1) is 12.3 Å². The molecule has 1 aliphatic rings. The van der Waals surface area contributed by atoms with Gasteiger partial charge in [0.15, 0.2) is 0 Å². The van der Waals surface area contributed by atoms with Crippen LogP contribution >= 0.6 is 0 Å². The number of fused-ring (bicyclic) bond motifs is 1. The summed E-state index contributed by atoms with van der Waals surface area (Å²) < 4.78 is 5.89. The Morgan fingerprint density at radius 1 is 1.07 bits per heavy atom. The van der Waals surface area contributed by atoms with Crippen molar-refractivity contribution >= 4 is 17.5 Å². The highest BCUT2D eigenvalue weighted by Gasteiger charge is 2.39. The van der Waals surface area contributed by atoms with Crippen LogP contribution in [0.2, 0.25) is 0 Å². The van der Waals surface area contributed by atoms with Crippen molar-refractivity contribution in [3.8, 4) is 5.75 Å². The van der Waals surface area contributed by atoms with E-state index < -0.39 is 6.04 Å². The van der Waals surface area contributed by atoms with Gasteiger partial charge in [-0.05, 0) is 54.5 Å². The van der Waals surface area contributed by atoms with Crippen molar-refractivity contribution in [2.24, 2.45) is 0 Å². The molecule has 2 amide bonds. The van der Waals surface area contributed by atoms with Crippen LogP contribution in [0.3, 0.4) is 0 Å². The molecule has 1 aliphatic heterocycles. The molecule has 5 heteroatoms. The Morgan fingerprint density at radius 2 is 1.70 bits per heavy atom. The third kappa shape index (κ3) is 4.50. The minimum Gasteiger partial charge on any atom is -0.494 e. The maximum atomic E-state index is 13.1. The van der Waals surface area contributed by atoms with Crippen molar-refractivity contribution in [1.82, 2.24) is 5.32 Å². The zero-order chi connectivity index (χ0) is 22.1. The lowest BCUT2D eigenvalue weighted by molar-refractivity contribution is -0.126. The number of hydrogen-bond donors (Lipinski definition) is 1. The number of carbonyl (C=O) groups excluding carboxylic acids is 2. The number of benzene rings is 2. The number of hydrogen-bond acceptors (Lipinski definition) is 3. The van der Waals surface area contributed by atoms with Crippen molar-refractivity contribution in [3.05, 3.63) is 58.7 Å². The predicted molar refractivity (Wildman–Crippen MR) is 120 cm³/mol. The fourth-order valence-corrected chi connectivity index (χ4v) is 3.95. The van der Waals surface area contributed by atoms with Gasteiger partial charge in [-0.15, -0.1) is 0 Å². The molecule has 0 saturated carbocycles. The summed E-state index contributed by atoms with van der Waals surface area (Å²) in [7, 11) is 0. The molecular weight excluding hydrogens is 376 g/mol. The third-order valence-corrected chi connectivity index (χ3v) is 5.57. The van der Waals surface area contributed by atoms with E-state index in [4.69, 9.17) is 4.74 Å². The Kier molecular flexibility index (Phi) is 6.20. The van der Waals surface area contributed by atoms with E-state index in [1.165, 1.54) is 12.5 Å². The quantitative estimate of drug-likeness (QED) is 0.711. The standard InChI is InChI=1S/C25H32N2O3/c1-16-8-9-17(2)23-21(16)22(26-18(3)28)24(29)27(23)14-7-15-30-20-12-10-19(11-13-20)25(4,5)6/h8-13,22H,7,14-15H2,1-6H3,(H,26,28)/t22-/m1/s1. The topological polar surface area (TPSA) is 58.6 Å². The molecule has 0 bridgehead atoms. The van der Waals surface area contributed by atoms with Gasteiger partial charge in [-0.1, -0.05) is 45.0 Å². The molecule has 1 atom stereocenters. The number of amides is 2. The van der Waals surface area contributed by atoms with E-state index in [0.29, 0.717) is 19.6 Å². The monoisotopic (exact) mass is 408 g/mol. The minimum absolute atomic E-state index is 0.0767. The van der Waals surface area contributed by atoms with Gasteiger partial charge in [0, 0.05) is 19.0 Å². The largest absolute Gasteiger partial charge is 0.494 e. The normalized spacial score (nSPS) is 15.9. The number of rotatable bonds is 6. The van der Waals surface area contributed by atoms with Gasteiger partial charge >= 0.3 is 0 Å². The Morgan fingerprint density at radius 3 is 2.30 bits per heavy atom. The number of nitrogens with one attached hydrogen (secondary N) is 1. The summed E-state index contributed by atoms with van der Waals surface area (Å²) in [6.45, 7) is 13.1. The summed E-state index contributed by atoms with van der Waals surface area (Å²) in [5.74, 6) is 0.551. The smallest absolute Gasteiger partial charge is 0.254 e. The molecule has 2 aromatic carbocycles. The van der Waals surface area contributed by atoms with E-state index in [9.17, 15) is 9.59 Å². The average Bonchev–Trinajstić information content (AvgIpc) is 2.94. The fraction of sp³-hybridized carbons (Fsp3) is 0.440. The maximum absolute atomic E-state index is 13.1. The summed E-state index contributed by atoms with van der Waals surface area (Å²) in [5.41, 5.74) is 5.27. The average molecular weight is 409 g/mol. The second-order valence-corrected chi connectivity index (χ2v) is 9.06. The lowest BCUT2D eigenvalue weighted by atomic mass is 9.87. The Hall–Kier alpha value is -2.82. The zero-order valence-electron chi connectivity index (χ0n) is 18.8. The van der Waals surface area contributed by atoms with E-state index in [-0.39, 0.29) is 17.2 Å². The van der Waals surface area contributed by atoms with Crippen LogP contribution in [-0.2, 0) is 15.0 Å². The number of nitrogens with zero attached hydrogens (tertiary/aromatic N) is 1. The minimum atomic E-state index is -0.608. The number of anilines is 1. The van der Waals surface area contributed by atoms with E-state index in [2.05, 4.69) is 38.2 Å². The summed E-state index contributed by atoms with van der Waals surface area (Å²) in [6, 6.07) is 11.6. The molecule has 0 spiro atoms. The van der Waals surface area contributed by atoms with Crippen molar-refractivity contribution in [2.75, 3.05) is 18.1 Å². The van der Waals surface area contributed by atoms with Crippen LogP contribution in [0.1, 0.15) is 62.4 Å². The zero-order valence-corrected chi connectivity index (χ0v) is 18.8. The summed E-state index contributed by atoms with van der Waals surface area (Å²) in [5, 5.41) is 2.82. The van der Waals surface area contributed by atoms with Crippen LogP contribution in [0.5, 0.6) is 5.75 Å². The molecule has 3 rings (SSSR count). The van der Waals surface area contributed by atoms with Crippen LogP contribution < -0.4 is 15.0 Å². The summed E-state index contributed by atoms with van der Waals surface area (Å²) in [6.07, 6.45) is 0.701. The molecule has 0 aliphatic carbocycles. The molecule has 2 aromatic rings. The van der Waals surface area contributed by atoms with Crippen molar-refractivity contribution in [2.45, 2.75) is 59.4 Å². The van der Waals surface area contributed by atoms with Gasteiger partial charge in [-0.25, -0.2) is 0 Å². The fourth-order valence-electron chi connectivity index (χ4n) is 3.95. The van der Waals surface area contributed by atoms with Gasteiger partial charge in [0.2, 0.25) is 5.91 Å². The molecule has 0 saturated heterocycles. The highest BCUT2D eigenvalue weighted by atomic mass is 16.5. The first-order chi connectivity index (χ1) is 14.1. The van der Waals surface area contributed by atoms with E-state index in [1.807, 2.05) is 38.1 Å². The highest BCUT2D eigenvalue weighted by molar-refractivity contribution is 6.07. The van der Waals surface area contributed by atoms with Crippen molar-refractivity contribution in [3.63, 3.8) is 0 Å². The molecular formula is C25H32N2O3. The SMILES string of the molecule is CC(=O)N[C@H]1C(=O)N(CCCOc2ccc(C(C)(C)C)cc2)c2c(C)ccc(C)c21. The first-order valence-corrected chi connectivity index (χ1v) is 10.5. The van der Waals surface area contributed by atoms with Crippen LogP contribution in [0.15, 0.2) is 36.4 Å². The first kappa shape index (κ1) is 21.9. The van der Waals surface area contributed by atoms with Crippen LogP contribution in [0.4, 0.5) is 5.69 Å². The summed E-state index contributed by atoms with van der Waals surface area (Å²) >= 11 is 0. The van der Waals surface area contributed by atoms with Gasteiger partial charge in [-0.2, -0.15) is 0 Å². The summed E-state index contributed by atoms with van der Waals surface area (Å²) in [4.78, 5) is 26.5. The van der Waals surface area contributed by atoms with E-state index >= 15 is 0 Å². The second-order valence-electron chi connectivity index (χ2n) is 9.06. The second kappa shape index (κ2) is 8.50. The maximum Gasteiger partial charge on any atom is 0.254 e. The Balaban J connectivity index is 1.66. The lowest BCUT2D eigenvalue weighted by Gasteiger charge is -2.20. The first-order valence-electron chi connectivity index (χ1n) is 10.5. The number of aryl methyl sites for hydroxylation is 2. The van der Waals surface area contributed by atoms with Gasteiger partial charge in [-0.3, -0.25) is 9.59 Å².